The summed E-state index contributed by atoms with van der Waals surface area (Å²) in [5, 5.41) is 5.76. The Balaban J connectivity index is 2.46. The number of anilines is 1. The van der Waals surface area contributed by atoms with Crippen LogP contribution in [0.25, 0.3) is 0 Å². The lowest BCUT2D eigenvalue weighted by molar-refractivity contribution is -0.134. The molecule has 5 nitrogen and oxygen atoms in total. The Labute approximate surface area is 133 Å². The number of halogens is 1. The Kier molecular flexibility index (Phi) is 7.35. The molecule has 110 valence electrons. The summed E-state index contributed by atoms with van der Waals surface area (Å²) in [5.41, 5.74) is 0.896. The molecule has 0 saturated heterocycles. The summed E-state index contributed by atoms with van der Waals surface area (Å²) in [6.07, 6.45) is 0. The van der Waals surface area contributed by atoms with Gasteiger partial charge in [-0.1, -0.05) is 0 Å². The average molecular weight is 389 g/mol. The Bertz CT molecular complexity index is 448. The van der Waals surface area contributed by atoms with Crippen LogP contribution in [0.5, 0.6) is 0 Å². The molecule has 0 atom stereocenters. The topological polar surface area (TPSA) is 61.4 Å². The molecule has 2 amide bonds. The molecule has 0 aliphatic heterocycles. The van der Waals surface area contributed by atoms with E-state index in [1.165, 1.54) is 4.90 Å². The molecule has 0 unspecified atom stereocenters. The third-order valence-electron chi connectivity index (χ3n) is 2.73. The lowest BCUT2D eigenvalue weighted by Crippen LogP contribution is -2.42. The molecule has 1 aromatic rings. The number of amides is 2. The molecular weight excluding hydrogens is 369 g/mol. The van der Waals surface area contributed by atoms with Gasteiger partial charge in [0.2, 0.25) is 11.8 Å². The number of rotatable bonds is 7. The second kappa shape index (κ2) is 8.78. The number of likely N-dealkylation sites (N-methyl/N-ethyl adjacent to an activating group) is 2. The summed E-state index contributed by atoms with van der Waals surface area (Å²) in [6.45, 7) is 5.11. The Morgan fingerprint density at radius 1 is 1.20 bits per heavy atom. The van der Waals surface area contributed by atoms with Crippen LogP contribution in [0.3, 0.4) is 0 Å². The van der Waals surface area contributed by atoms with Gasteiger partial charge >= 0.3 is 0 Å². The minimum absolute atomic E-state index is 0.0858. The van der Waals surface area contributed by atoms with Crippen molar-refractivity contribution in [3.05, 3.63) is 27.8 Å². The largest absolute Gasteiger partial charge is 0.376 e. The van der Waals surface area contributed by atoms with Crippen molar-refractivity contribution in [3.63, 3.8) is 0 Å². The van der Waals surface area contributed by atoms with Gasteiger partial charge in [0.25, 0.3) is 0 Å². The van der Waals surface area contributed by atoms with E-state index in [0.717, 1.165) is 9.26 Å². The van der Waals surface area contributed by atoms with Crippen LogP contribution in [-0.4, -0.2) is 42.9 Å². The molecule has 0 aliphatic rings. The predicted octanol–water partition coefficient (Wildman–Crippen LogP) is 1.69. The molecule has 0 spiro atoms. The molecule has 1 aromatic carbocycles. The Hall–Kier alpha value is -1.31. The summed E-state index contributed by atoms with van der Waals surface area (Å²) < 4.78 is 1.14. The van der Waals surface area contributed by atoms with Gasteiger partial charge in [0.05, 0.1) is 13.1 Å². The maximum atomic E-state index is 12.0. The smallest absolute Gasteiger partial charge is 0.242 e. The number of carbonyl (C=O) groups is 2. The molecule has 1 rings (SSSR count). The lowest BCUT2D eigenvalue weighted by Gasteiger charge is -2.20. The summed E-state index contributed by atoms with van der Waals surface area (Å²) in [6, 6.07) is 7.80. The van der Waals surface area contributed by atoms with Crippen molar-refractivity contribution < 1.29 is 9.59 Å². The highest BCUT2D eigenvalue weighted by Gasteiger charge is 2.14. The predicted molar refractivity (Wildman–Crippen MR) is 88.6 cm³/mol. The fourth-order valence-electron chi connectivity index (χ4n) is 1.66. The summed E-state index contributed by atoms with van der Waals surface area (Å²) >= 11 is 2.23. The first-order chi connectivity index (χ1) is 9.56. The van der Waals surface area contributed by atoms with Gasteiger partial charge in [-0.2, -0.15) is 0 Å². The highest BCUT2D eigenvalue weighted by molar-refractivity contribution is 14.1. The van der Waals surface area contributed by atoms with Crippen molar-refractivity contribution >= 4 is 40.1 Å². The van der Waals surface area contributed by atoms with Gasteiger partial charge in [0, 0.05) is 22.3 Å². The van der Waals surface area contributed by atoms with Gasteiger partial charge in [-0.25, -0.2) is 0 Å². The van der Waals surface area contributed by atoms with Crippen molar-refractivity contribution in [2.24, 2.45) is 0 Å². The summed E-state index contributed by atoms with van der Waals surface area (Å²) in [5.74, 6) is -0.214. The zero-order valence-electron chi connectivity index (χ0n) is 11.8. The van der Waals surface area contributed by atoms with E-state index in [-0.39, 0.29) is 24.9 Å². The van der Waals surface area contributed by atoms with Crippen molar-refractivity contribution in [1.82, 2.24) is 10.2 Å². The zero-order chi connectivity index (χ0) is 15.0. The zero-order valence-corrected chi connectivity index (χ0v) is 13.9. The van der Waals surface area contributed by atoms with Gasteiger partial charge in [-0.15, -0.1) is 0 Å². The van der Waals surface area contributed by atoms with Crippen LogP contribution in [0, 0.1) is 3.57 Å². The van der Waals surface area contributed by atoms with Crippen LogP contribution in [-0.2, 0) is 9.59 Å². The third kappa shape index (κ3) is 5.77. The minimum atomic E-state index is -0.128. The van der Waals surface area contributed by atoms with E-state index in [4.69, 9.17) is 0 Å². The molecule has 0 radical (unpaired) electrons. The summed E-state index contributed by atoms with van der Waals surface area (Å²) in [7, 11) is 0. The highest BCUT2D eigenvalue weighted by Crippen LogP contribution is 2.10. The molecule has 0 saturated carbocycles. The minimum Gasteiger partial charge on any atom is -0.376 e. The number of carbonyl (C=O) groups excluding carboxylic acids is 2. The van der Waals surface area contributed by atoms with Crippen molar-refractivity contribution in [1.29, 1.82) is 0 Å². The fraction of sp³-hybridized carbons (Fsp3) is 0.429. The third-order valence-corrected chi connectivity index (χ3v) is 3.45. The van der Waals surface area contributed by atoms with E-state index in [1.54, 1.807) is 0 Å². The number of nitrogens with one attached hydrogen (secondary N) is 2. The molecule has 0 fully saturated rings. The van der Waals surface area contributed by atoms with E-state index in [0.29, 0.717) is 13.1 Å². The van der Waals surface area contributed by atoms with E-state index >= 15 is 0 Å². The van der Waals surface area contributed by atoms with Crippen molar-refractivity contribution in [2.75, 3.05) is 31.5 Å². The maximum absolute atomic E-state index is 12.0. The first-order valence-corrected chi connectivity index (χ1v) is 7.68. The van der Waals surface area contributed by atoms with Crippen molar-refractivity contribution in [3.8, 4) is 0 Å². The van der Waals surface area contributed by atoms with Gasteiger partial charge in [-0.3, -0.25) is 9.59 Å². The van der Waals surface area contributed by atoms with Crippen molar-refractivity contribution in [2.45, 2.75) is 13.8 Å². The first-order valence-electron chi connectivity index (χ1n) is 6.60. The van der Waals surface area contributed by atoms with Gasteiger partial charge in [-0.05, 0) is 60.7 Å². The number of hydrogen-bond acceptors (Lipinski definition) is 3. The van der Waals surface area contributed by atoms with E-state index in [9.17, 15) is 9.59 Å². The highest BCUT2D eigenvalue weighted by atomic mass is 127. The van der Waals surface area contributed by atoms with Crippen LogP contribution in [0.1, 0.15) is 13.8 Å². The molecule has 0 aromatic heterocycles. The van der Waals surface area contributed by atoms with Crippen LogP contribution < -0.4 is 10.6 Å². The van der Waals surface area contributed by atoms with Crippen LogP contribution in [0.15, 0.2) is 24.3 Å². The van der Waals surface area contributed by atoms with E-state index in [1.807, 2.05) is 38.1 Å². The summed E-state index contributed by atoms with van der Waals surface area (Å²) in [4.78, 5) is 25.1. The first kappa shape index (κ1) is 16.7. The van der Waals surface area contributed by atoms with Crippen LogP contribution in [0.2, 0.25) is 0 Å². The van der Waals surface area contributed by atoms with Crippen LogP contribution in [0.4, 0.5) is 5.69 Å². The lowest BCUT2D eigenvalue weighted by atomic mass is 10.3. The monoisotopic (exact) mass is 389 g/mol. The van der Waals surface area contributed by atoms with Gasteiger partial charge < -0.3 is 15.5 Å². The average Bonchev–Trinajstić information content (AvgIpc) is 2.44. The quantitative estimate of drug-likeness (QED) is 0.698. The molecule has 0 bridgehead atoms. The van der Waals surface area contributed by atoms with E-state index < -0.39 is 0 Å². The molecule has 0 aliphatic carbocycles. The fourth-order valence-corrected chi connectivity index (χ4v) is 2.02. The number of hydrogen-bond donors (Lipinski definition) is 2. The second-order valence-corrected chi connectivity index (χ2v) is 5.47. The molecule has 20 heavy (non-hydrogen) atoms. The SMILES string of the molecule is CCNC(=O)CN(CC)C(=O)CNc1ccc(I)cc1. The van der Waals surface area contributed by atoms with Crippen LogP contribution >= 0.6 is 22.6 Å². The van der Waals surface area contributed by atoms with E-state index in [2.05, 4.69) is 33.2 Å². The second-order valence-electron chi connectivity index (χ2n) is 4.22. The Morgan fingerprint density at radius 2 is 1.85 bits per heavy atom. The molecular formula is C14H20IN3O2. The maximum Gasteiger partial charge on any atom is 0.242 e. The standard InChI is InChI=1S/C14H20IN3O2/c1-3-16-13(19)10-18(4-2)14(20)9-17-12-7-5-11(15)6-8-12/h5-8,17H,3-4,9-10H2,1-2H3,(H,16,19). The normalized spacial score (nSPS) is 9.95. The van der Waals surface area contributed by atoms with Gasteiger partial charge in [0.15, 0.2) is 0 Å². The van der Waals surface area contributed by atoms with Gasteiger partial charge in [0.1, 0.15) is 0 Å². The number of nitrogens with zero attached hydrogens (tertiary/aromatic N) is 1. The Morgan fingerprint density at radius 3 is 2.40 bits per heavy atom. The molecule has 6 heteroatoms. The molecule has 2 N–H and O–H groups in total. The number of benzene rings is 1. The molecule has 0 heterocycles.